The first-order chi connectivity index (χ1) is 9.04. The van der Waals surface area contributed by atoms with Gasteiger partial charge in [-0.15, -0.1) is 0 Å². The largest absolute Gasteiger partial charge is 0.346 e. The molecule has 5 nitrogen and oxygen atoms in total. The van der Waals surface area contributed by atoms with Crippen molar-refractivity contribution in [3.05, 3.63) is 43.0 Å². The third-order valence-corrected chi connectivity index (χ3v) is 3.95. The van der Waals surface area contributed by atoms with Crippen molar-refractivity contribution in [3.8, 4) is 11.1 Å². The molecule has 0 atom stereocenters. The molecule has 0 aliphatic rings. The van der Waals surface area contributed by atoms with Crippen molar-refractivity contribution in [2.75, 3.05) is 6.26 Å². The number of nitrogens with zero attached hydrogens (tertiary/aromatic N) is 2. The molecule has 0 radical (unpaired) electrons. The van der Waals surface area contributed by atoms with Gasteiger partial charge in [-0.05, 0) is 18.2 Å². The van der Waals surface area contributed by atoms with E-state index < -0.39 is 9.84 Å². The molecule has 0 fully saturated rings. The van der Waals surface area contributed by atoms with Crippen molar-refractivity contribution < 1.29 is 8.42 Å². The van der Waals surface area contributed by atoms with E-state index in [0.717, 1.165) is 22.2 Å². The average Bonchev–Trinajstić information content (AvgIpc) is 2.85. The minimum absolute atomic E-state index is 0.208. The first kappa shape index (κ1) is 11.9. The molecule has 3 aromatic heterocycles. The summed E-state index contributed by atoms with van der Waals surface area (Å²) in [5, 5.41) is 0.974. The van der Waals surface area contributed by atoms with Crippen LogP contribution in [0.4, 0.5) is 0 Å². The van der Waals surface area contributed by atoms with Crippen LogP contribution in [0.3, 0.4) is 0 Å². The van der Waals surface area contributed by atoms with Crippen molar-refractivity contribution in [2.24, 2.45) is 0 Å². The SMILES string of the molecule is CS(=O)(=O)c1cncc(-c2cnc3[nH]ccc3c2)c1. The molecule has 0 aliphatic heterocycles. The summed E-state index contributed by atoms with van der Waals surface area (Å²) in [6.45, 7) is 0. The zero-order chi connectivity index (χ0) is 13.5. The van der Waals surface area contributed by atoms with E-state index in [9.17, 15) is 8.42 Å². The van der Waals surface area contributed by atoms with Gasteiger partial charge in [0.05, 0.1) is 4.90 Å². The smallest absolute Gasteiger partial charge is 0.177 e. The van der Waals surface area contributed by atoms with E-state index in [2.05, 4.69) is 15.0 Å². The average molecular weight is 273 g/mol. The van der Waals surface area contributed by atoms with E-state index in [1.54, 1.807) is 18.5 Å². The van der Waals surface area contributed by atoms with E-state index in [1.165, 1.54) is 12.5 Å². The molecule has 19 heavy (non-hydrogen) atoms. The van der Waals surface area contributed by atoms with Crippen LogP contribution in [0.2, 0.25) is 0 Å². The van der Waals surface area contributed by atoms with Crippen molar-refractivity contribution in [3.63, 3.8) is 0 Å². The minimum atomic E-state index is -3.25. The van der Waals surface area contributed by atoms with Crippen molar-refractivity contribution in [1.29, 1.82) is 0 Å². The summed E-state index contributed by atoms with van der Waals surface area (Å²) in [5.41, 5.74) is 2.37. The highest BCUT2D eigenvalue weighted by molar-refractivity contribution is 7.90. The van der Waals surface area contributed by atoms with Gasteiger partial charge in [0.1, 0.15) is 5.65 Å². The topological polar surface area (TPSA) is 75.7 Å². The van der Waals surface area contributed by atoms with E-state index >= 15 is 0 Å². The van der Waals surface area contributed by atoms with Gasteiger partial charge in [0.15, 0.2) is 9.84 Å². The van der Waals surface area contributed by atoms with Gasteiger partial charge < -0.3 is 4.98 Å². The standard InChI is InChI=1S/C13H11N3O2S/c1-19(17,18)12-5-11(6-14-8-12)10-4-9-2-3-15-13(9)16-7-10/h2-8H,1H3,(H,15,16). The van der Waals surface area contributed by atoms with Crippen molar-refractivity contribution in [2.45, 2.75) is 4.90 Å². The quantitative estimate of drug-likeness (QED) is 0.775. The van der Waals surface area contributed by atoms with E-state index in [-0.39, 0.29) is 4.90 Å². The Hall–Kier alpha value is -2.21. The van der Waals surface area contributed by atoms with Crippen LogP contribution in [0.15, 0.2) is 47.9 Å². The maximum atomic E-state index is 11.5. The first-order valence-electron chi connectivity index (χ1n) is 5.63. The van der Waals surface area contributed by atoms with Crippen molar-refractivity contribution in [1.82, 2.24) is 15.0 Å². The number of rotatable bonds is 2. The van der Waals surface area contributed by atoms with Crippen LogP contribution >= 0.6 is 0 Å². The highest BCUT2D eigenvalue weighted by Gasteiger charge is 2.09. The van der Waals surface area contributed by atoms with Gasteiger partial charge >= 0.3 is 0 Å². The molecule has 3 rings (SSSR count). The molecule has 3 heterocycles. The van der Waals surface area contributed by atoms with Crippen LogP contribution in [-0.2, 0) is 9.84 Å². The summed E-state index contributed by atoms with van der Waals surface area (Å²) < 4.78 is 23.1. The van der Waals surface area contributed by atoms with Gasteiger partial charge in [0.25, 0.3) is 0 Å². The fourth-order valence-corrected chi connectivity index (χ4v) is 2.47. The molecule has 0 aliphatic carbocycles. The molecule has 3 aromatic rings. The predicted octanol–water partition coefficient (Wildman–Crippen LogP) is 2.03. The Kier molecular flexibility index (Phi) is 2.60. The van der Waals surface area contributed by atoms with Gasteiger partial charge in [-0.25, -0.2) is 13.4 Å². The highest BCUT2D eigenvalue weighted by atomic mass is 32.2. The second kappa shape index (κ2) is 4.17. The van der Waals surface area contributed by atoms with Crippen LogP contribution in [0.5, 0.6) is 0 Å². The van der Waals surface area contributed by atoms with E-state index in [1.807, 2.05) is 18.3 Å². The van der Waals surface area contributed by atoms with E-state index in [0.29, 0.717) is 0 Å². The van der Waals surface area contributed by atoms with Gasteiger partial charge in [-0.3, -0.25) is 4.98 Å². The molecule has 0 saturated heterocycles. The molecule has 1 N–H and O–H groups in total. The molecule has 6 heteroatoms. The summed E-state index contributed by atoms with van der Waals surface area (Å²) in [6, 6.07) is 5.47. The van der Waals surface area contributed by atoms with Gasteiger partial charge in [-0.2, -0.15) is 0 Å². The van der Waals surface area contributed by atoms with Crippen LogP contribution in [0.1, 0.15) is 0 Å². The maximum absolute atomic E-state index is 11.5. The Labute approximate surface area is 110 Å². The fourth-order valence-electron chi connectivity index (χ4n) is 1.88. The number of H-pyrrole nitrogens is 1. The molecule has 96 valence electrons. The Balaban J connectivity index is 2.15. The fraction of sp³-hybridized carbons (Fsp3) is 0.0769. The zero-order valence-corrected chi connectivity index (χ0v) is 11.0. The number of sulfone groups is 1. The third kappa shape index (κ3) is 2.22. The summed E-state index contributed by atoms with van der Waals surface area (Å²) >= 11 is 0. The lowest BCUT2D eigenvalue weighted by Gasteiger charge is -2.03. The van der Waals surface area contributed by atoms with E-state index in [4.69, 9.17) is 0 Å². The number of aromatic nitrogens is 3. The number of nitrogens with one attached hydrogen (secondary N) is 1. The lowest BCUT2D eigenvalue weighted by Crippen LogP contribution is -1.98. The summed E-state index contributed by atoms with van der Waals surface area (Å²) in [6.07, 6.45) is 7.65. The number of pyridine rings is 2. The number of aromatic amines is 1. The summed E-state index contributed by atoms with van der Waals surface area (Å²) in [5.74, 6) is 0. The summed E-state index contributed by atoms with van der Waals surface area (Å²) in [4.78, 5) is 11.5. The molecule has 0 spiro atoms. The summed E-state index contributed by atoms with van der Waals surface area (Å²) in [7, 11) is -3.25. The Bertz CT molecular complexity index is 853. The maximum Gasteiger partial charge on any atom is 0.177 e. The lowest BCUT2D eigenvalue weighted by molar-refractivity contribution is 0.601. The van der Waals surface area contributed by atoms with Gasteiger partial charge in [0, 0.05) is 47.6 Å². The Morgan fingerprint density at radius 1 is 1.11 bits per heavy atom. The second-order valence-electron chi connectivity index (χ2n) is 4.32. The van der Waals surface area contributed by atoms with Crippen LogP contribution in [-0.4, -0.2) is 29.6 Å². The third-order valence-electron chi connectivity index (χ3n) is 2.87. The normalized spacial score (nSPS) is 11.8. The Morgan fingerprint density at radius 2 is 1.89 bits per heavy atom. The second-order valence-corrected chi connectivity index (χ2v) is 6.34. The molecule has 0 unspecified atom stereocenters. The minimum Gasteiger partial charge on any atom is -0.346 e. The number of hydrogen-bond acceptors (Lipinski definition) is 4. The molecule has 0 amide bonds. The van der Waals surface area contributed by atoms with Crippen LogP contribution < -0.4 is 0 Å². The number of hydrogen-bond donors (Lipinski definition) is 1. The molecule has 0 bridgehead atoms. The molecule has 0 aromatic carbocycles. The zero-order valence-electron chi connectivity index (χ0n) is 10.2. The Morgan fingerprint density at radius 3 is 2.68 bits per heavy atom. The van der Waals surface area contributed by atoms with Gasteiger partial charge in [0.2, 0.25) is 0 Å². The van der Waals surface area contributed by atoms with Crippen molar-refractivity contribution >= 4 is 20.9 Å². The predicted molar refractivity (Wildman–Crippen MR) is 72.4 cm³/mol. The molecular weight excluding hydrogens is 262 g/mol. The lowest BCUT2D eigenvalue weighted by atomic mass is 10.1. The van der Waals surface area contributed by atoms with Crippen LogP contribution in [0, 0.1) is 0 Å². The molecular formula is C13H11N3O2S. The monoisotopic (exact) mass is 273 g/mol. The highest BCUT2D eigenvalue weighted by Crippen LogP contribution is 2.23. The number of fused-ring (bicyclic) bond motifs is 1. The van der Waals surface area contributed by atoms with Crippen LogP contribution in [0.25, 0.3) is 22.2 Å². The van der Waals surface area contributed by atoms with Gasteiger partial charge in [-0.1, -0.05) is 0 Å². The first-order valence-corrected chi connectivity index (χ1v) is 7.52. The molecule has 0 saturated carbocycles.